The normalized spacial score (nSPS) is 18.8. The number of nitrogens with zero attached hydrogens (tertiary/aromatic N) is 3. The van der Waals surface area contributed by atoms with Crippen LogP contribution in [0.15, 0.2) is 18.6 Å². The molecule has 0 amide bonds. The van der Waals surface area contributed by atoms with Crippen LogP contribution >= 0.6 is 0 Å². The summed E-state index contributed by atoms with van der Waals surface area (Å²) < 4.78 is 7.75. The predicted octanol–water partition coefficient (Wildman–Crippen LogP) is 2.53. The molecular weight excluding hydrogens is 266 g/mol. The van der Waals surface area contributed by atoms with Crippen LogP contribution in [0, 0.1) is 0 Å². The molecule has 2 N–H and O–H groups in total. The van der Waals surface area contributed by atoms with Crippen molar-refractivity contribution in [2.24, 2.45) is 0 Å². The molecule has 0 bridgehead atoms. The topological polar surface area (TPSA) is 63.5 Å². The molecule has 3 rings (SSSR count). The molecule has 6 heteroatoms. The van der Waals surface area contributed by atoms with E-state index >= 15 is 0 Å². The van der Waals surface area contributed by atoms with Crippen molar-refractivity contribution in [3.8, 4) is 0 Å². The number of fused-ring (bicyclic) bond motifs is 1. The van der Waals surface area contributed by atoms with Crippen LogP contribution in [0.5, 0.6) is 0 Å². The SMILES string of the molecule is CCCNc1cn2ccnc2c(NCC2CCCCO2)n1. The number of hydrogen-bond donors (Lipinski definition) is 2. The van der Waals surface area contributed by atoms with Crippen LogP contribution in [0.3, 0.4) is 0 Å². The van der Waals surface area contributed by atoms with E-state index in [1.165, 1.54) is 12.8 Å². The van der Waals surface area contributed by atoms with Crippen LogP contribution < -0.4 is 10.6 Å². The molecule has 2 aromatic rings. The molecule has 2 aromatic heterocycles. The molecule has 1 saturated heterocycles. The van der Waals surface area contributed by atoms with Gasteiger partial charge in [-0.05, 0) is 25.7 Å². The lowest BCUT2D eigenvalue weighted by Crippen LogP contribution is -2.27. The first kappa shape index (κ1) is 14.1. The number of imidazole rings is 1. The molecule has 1 aliphatic heterocycles. The van der Waals surface area contributed by atoms with Crippen molar-refractivity contribution in [2.75, 3.05) is 30.3 Å². The Kier molecular flexibility index (Phi) is 4.55. The van der Waals surface area contributed by atoms with E-state index in [0.29, 0.717) is 0 Å². The zero-order valence-corrected chi connectivity index (χ0v) is 12.5. The van der Waals surface area contributed by atoms with Crippen molar-refractivity contribution < 1.29 is 4.74 Å². The summed E-state index contributed by atoms with van der Waals surface area (Å²) >= 11 is 0. The number of anilines is 2. The number of rotatable bonds is 6. The molecule has 21 heavy (non-hydrogen) atoms. The first-order valence-corrected chi connectivity index (χ1v) is 7.80. The van der Waals surface area contributed by atoms with E-state index in [-0.39, 0.29) is 6.10 Å². The zero-order valence-electron chi connectivity index (χ0n) is 12.5. The van der Waals surface area contributed by atoms with Gasteiger partial charge in [-0.2, -0.15) is 0 Å². The lowest BCUT2D eigenvalue weighted by Gasteiger charge is -2.23. The summed E-state index contributed by atoms with van der Waals surface area (Å²) in [7, 11) is 0. The fourth-order valence-electron chi connectivity index (χ4n) is 2.57. The monoisotopic (exact) mass is 289 g/mol. The second-order valence-electron chi connectivity index (χ2n) is 5.43. The van der Waals surface area contributed by atoms with Crippen molar-refractivity contribution in [2.45, 2.75) is 38.7 Å². The number of nitrogens with one attached hydrogen (secondary N) is 2. The van der Waals surface area contributed by atoms with E-state index in [0.717, 1.165) is 49.8 Å². The minimum Gasteiger partial charge on any atom is -0.376 e. The lowest BCUT2D eigenvalue weighted by molar-refractivity contribution is 0.0247. The molecule has 114 valence electrons. The Morgan fingerprint density at radius 1 is 1.38 bits per heavy atom. The fraction of sp³-hybridized carbons (Fsp3) is 0.600. The summed E-state index contributed by atoms with van der Waals surface area (Å²) in [5.41, 5.74) is 0.854. The molecular formula is C15H23N5O. The lowest BCUT2D eigenvalue weighted by atomic mass is 10.1. The van der Waals surface area contributed by atoms with Gasteiger partial charge in [0.15, 0.2) is 11.5 Å². The molecule has 0 aliphatic carbocycles. The van der Waals surface area contributed by atoms with Crippen LogP contribution in [0.25, 0.3) is 5.65 Å². The van der Waals surface area contributed by atoms with Gasteiger partial charge in [-0.15, -0.1) is 0 Å². The molecule has 1 unspecified atom stereocenters. The van der Waals surface area contributed by atoms with Gasteiger partial charge in [-0.1, -0.05) is 6.92 Å². The van der Waals surface area contributed by atoms with E-state index in [4.69, 9.17) is 4.74 Å². The zero-order chi connectivity index (χ0) is 14.5. The Labute approximate surface area is 124 Å². The third-order valence-corrected chi connectivity index (χ3v) is 3.70. The van der Waals surface area contributed by atoms with Gasteiger partial charge in [0.1, 0.15) is 5.82 Å². The molecule has 1 atom stereocenters. The van der Waals surface area contributed by atoms with Crippen LogP contribution in [0.4, 0.5) is 11.6 Å². The minimum absolute atomic E-state index is 0.280. The van der Waals surface area contributed by atoms with Gasteiger partial charge in [0.2, 0.25) is 0 Å². The highest BCUT2D eigenvalue weighted by atomic mass is 16.5. The van der Waals surface area contributed by atoms with Gasteiger partial charge >= 0.3 is 0 Å². The minimum atomic E-state index is 0.280. The Morgan fingerprint density at radius 3 is 3.14 bits per heavy atom. The van der Waals surface area contributed by atoms with Gasteiger partial charge in [0.05, 0.1) is 12.3 Å². The van der Waals surface area contributed by atoms with Crippen LogP contribution in [0.1, 0.15) is 32.6 Å². The average Bonchev–Trinajstić information content (AvgIpc) is 3.00. The third-order valence-electron chi connectivity index (χ3n) is 3.70. The summed E-state index contributed by atoms with van der Waals surface area (Å²) in [4.78, 5) is 9.01. The summed E-state index contributed by atoms with van der Waals surface area (Å²) in [6.07, 6.45) is 10.6. The van der Waals surface area contributed by atoms with Crippen LogP contribution in [0.2, 0.25) is 0 Å². The van der Waals surface area contributed by atoms with E-state index in [1.54, 1.807) is 6.20 Å². The van der Waals surface area contributed by atoms with Gasteiger partial charge in [-0.3, -0.25) is 0 Å². The standard InChI is InChI=1S/C15H23N5O/c1-2-6-16-13-11-20-8-7-17-15(20)14(19-13)18-10-12-5-3-4-9-21-12/h7-8,11-12,16H,2-6,9-10H2,1H3,(H,18,19). The van der Waals surface area contributed by atoms with E-state index in [1.807, 2.05) is 16.8 Å². The maximum atomic E-state index is 5.76. The molecule has 0 spiro atoms. The molecule has 0 saturated carbocycles. The first-order chi connectivity index (χ1) is 10.4. The van der Waals surface area contributed by atoms with Crippen LogP contribution in [-0.4, -0.2) is 40.2 Å². The predicted molar refractivity (Wildman–Crippen MR) is 83.8 cm³/mol. The highest BCUT2D eigenvalue weighted by Crippen LogP contribution is 2.18. The Hall–Kier alpha value is -1.82. The van der Waals surface area contributed by atoms with Crippen molar-refractivity contribution in [1.29, 1.82) is 0 Å². The summed E-state index contributed by atoms with van der Waals surface area (Å²) in [5.74, 6) is 1.68. The second kappa shape index (κ2) is 6.76. The summed E-state index contributed by atoms with van der Waals surface area (Å²) in [6.45, 7) is 4.71. The molecule has 0 radical (unpaired) electrons. The van der Waals surface area contributed by atoms with Gasteiger partial charge in [0, 0.05) is 32.1 Å². The average molecular weight is 289 g/mol. The van der Waals surface area contributed by atoms with Crippen molar-refractivity contribution in [3.63, 3.8) is 0 Å². The first-order valence-electron chi connectivity index (χ1n) is 7.80. The van der Waals surface area contributed by atoms with Crippen molar-refractivity contribution >= 4 is 17.3 Å². The van der Waals surface area contributed by atoms with E-state index < -0.39 is 0 Å². The Balaban J connectivity index is 1.73. The maximum Gasteiger partial charge on any atom is 0.180 e. The van der Waals surface area contributed by atoms with Crippen molar-refractivity contribution in [1.82, 2.24) is 14.4 Å². The molecule has 1 aliphatic rings. The summed E-state index contributed by atoms with van der Waals surface area (Å²) in [6, 6.07) is 0. The highest BCUT2D eigenvalue weighted by Gasteiger charge is 2.15. The number of ether oxygens (including phenoxy) is 1. The van der Waals surface area contributed by atoms with Gasteiger partial charge in [0.25, 0.3) is 0 Å². The largest absolute Gasteiger partial charge is 0.376 e. The molecule has 3 heterocycles. The van der Waals surface area contributed by atoms with E-state index in [9.17, 15) is 0 Å². The van der Waals surface area contributed by atoms with Gasteiger partial charge in [-0.25, -0.2) is 9.97 Å². The molecule has 1 fully saturated rings. The van der Waals surface area contributed by atoms with Crippen LogP contribution in [-0.2, 0) is 4.74 Å². The van der Waals surface area contributed by atoms with E-state index in [2.05, 4.69) is 27.5 Å². The number of aromatic nitrogens is 3. The molecule has 6 nitrogen and oxygen atoms in total. The fourth-order valence-corrected chi connectivity index (χ4v) is 2.57. The number of hydrogen-bond acceptors (Lipinski definition) is 5. The Bertz CT molecular complexity index is 576. The second-order valence-corrected chi connectivity index (χ2v) is 5.43. The Morgan fingerprint density at radius 2 is 2.33 bits per heavy atom. The third kappa shape index (κ3) is 3.44. The maximum absolute atomic E-state index is 5.76. The highest BCUT2D eigenvalue weighted by molar-refractivity contribution is 5.65. The molecule has 0 aromatic carbocycles. The van der Waals surface area contributed by atoms with Crippen molar-refractivity contribution in [3.05, 3.63) is 18.6 Å². The van der Waals surface area contributed by atoms with Gasteiger partial charge < -0.3 is 19.8 Å². The quantitative estimate of drug-likeness (QED) is 0.855. The summed E-state index contributed by atoms with van der Waals surface area (Å²) in [5, 5.41) is 6.72. The smallest absolute Gasteiger partial charge is 0.180 e.